The molecule has 1 aromatic carbocycles. The van der Waals surface area contributed by atoms with Crippen LogP contribution in [0.3, 0.4) is 0 Å². The lowest BCUT2D eigenvalue weighted by molar-refractivity contribution is 0.0781. The first-order chi connectivity index (χ1) is 11.6. The van der Waals surface area contributed by atoms with E-state index < -0.39 is 0 Å². The summed E-state index contributed by atoms with van der Waals surface area (Å²) in [5.41, 5.74) is 1.23. The fraction of sp³-hybridized carbons (Fsp3) is 0.611. The number of guanidine groups is 1. The van der Waals surface area contributed by atoms with Gasteiger partial charge < -0.3 is 19.7 Å². The van der Waals surface area contributed by atoms with E-state index in [0.29, 0.717) is 0 Å². The summed E-state index contributed by atoms with van der Waals surface area (Å²) in [5, 5.41) is 3.55. The van der Waals surface area contributed by atoms with E-state index in [1.54, 1.807) is 7.11 Å². The van der Waals surface area contributed by atoms with Crippen molar-refractivity contribution in [3.05, 3.63) is 29.8 Å². The lowest BCUT2D eigenvalue weighted by Crippen LogP contribution is -2.48. The fourth-order valence-corrected chi connectivity index (χ4v) is 3.69. The summed E-state index contributed by atoms with van der Waals surface area (Å²) < 4.78 is 11.0. The Morgan fingerprint density at radius 2 is 2.00 bits per heavy atom. The summed E-state index contributed by atoms with van der Waals surface area (Å²) in [5.74, 6) is 1.80. The van der Waals surface area contributed by atoms with Crippen molar-refractivity contribution < 1.29 is 9.47 Å². The van der Waals surface area contributed by atoms with Gasteiger partial charge in [-0.2, -0.15) is 11.8 Å². The predicted molar refractivity (Wildman–Crippen MR) is 102 cm³/mol. The van der Waals surface area contributed by atoms with Gasteiger partial charge in [-0.25, -0.2) is 0 Å². The van der Waals surface area contributed by atoms with Crippen molar-refractivity contribution in [3.63, 3.8) is 0 Å². The number of benzene rings is 1. The smallest absolute Gasteiger partial charge is 0.193 e. The van der Waals surface area contributed by atoms with Gasteiger partial charge in [-0.05, 0) is 36.8 Å². The number of nitrogens with zero attached hydrogens (tertiary/aromatic N) is 2. The molecule has 6 heteroatoms. The van der Waals surface area contributed by atoms with Gasteiger partial charge in [0.05, 0.1) is 7.11 Å². The molecule has 1 heterocycles. The highest BCUT2D eigenvalue weighted by molar-refractivity contribution is 8.00. The lowest BCUT2D eigenvalue weighted by atomic mass is 9.99. The van der Waals surface area contributed by atoms with E-state index >= 15 is 0 Å². The molecule has 0 aliphatic carbocycles. The van der Waals surface area contributed by atoms with Crippen LogP contribution in [0, 0.1) is 0 Å². The van der Waals surface area contributed by atoms with Crippen LogP contribution in [0.5, 0.6) is 5.75 Å². The van der Waals surface area contributed by atoms with Gasteiger partial charge in [-0.15, -0.1) is 0 Å². The molecule has 1 saturated heterocycles. The van der Waals surface area contributed by atoms with Crippen LogP contribution in [0.25, 0.3) is 0 Å². The van der Waals surface area contributed by atoms with E-state index in [2.05, 4.69) is 40.6 Å². The van der Waals surface area contributed by atoms with Crippen LogP contribution in [-0.4, -0.2) is 62.8 Å². The van der Waals surface area contributed by atoms with Crippen molar-refractivity contribution in [3.8, 4) is 5.75 Å². The fourth-order valence-electron chi connectivity index (χ4n) is 2.90. The largest absolute Gasteiger partial charge is 0.497 e. The number of ether oxygens (including phenoxy) is 2. The topological polar surface area (TPSA) is 46.1 Å². The van der Waals surface area contributed by atoms with Crippen LogP contribution >= 0.6 is 11.8 Å². The Morgan fingerprint density at radius 1 is 1.33 bits per heavy atom. The Morgan fingerprint density at radius 3 is 2.54 bits per heavy atom. The standard InChI is InChI=1S/C18H29N3O2S/c1-19-17(20-14-18(24-4)9-11-23-12-10-18)21(2)13-15-5-7-16(22-3)8-6-15/h5-8H,9-14H2,1-4H3,(H,19,20). The quantitative estimate of drug-likeness (QED) is 0.631. The Labute approximate surface area is 149 Å². The molecular formula is C18H29N3O2S. The predicted octanol–water partition coefficient (Wildman–Crippen LogP) is 2.61. The summed E-state index contributed by atoms with van der Waals surface area (Å²) in [6, 6.07) is 8.16. The normalized spacial score (nSPS) is 17.4. The first-order valence-corrected chi connectivity index (χ1v) is 9.52. The molecule has 0 atom stereocenters. The minimum atomic E-state index is 0.245. The minimum Gasteiger partial charge on any atom is -0.497 e. The van der Waals surface area contributed by atoms with E-state index in [1.807, 2.05) is 30.9 Å². The van der Waals surface area contributed by atoms with Crippen molar-refractivity contribution in [1.82, 2.24) is 10.2 Å². The van der Waals surface area contributed by atoms with Crippen molar-refractivity contribution in [2.45, 2.75) is 24.1 Å². The van der Waals surface area contributed by atoms with Crippen LogP contribution in [0.2, 0.25) is 0 Å². The van der Waals surface area contributed by atoms with Crippen LogP contribution in [0.4, 0.5) is 0 Å². The highest BCUT2D eigenvalue weighted by Gasteiger charge is 2.32. The Hall–Kier alpha value is -1.40. The van der Waals surface area contributed by atoms with Crippen LogP contribution in [0.1, 0.15) is 18.4 Å². The molecule has 134 valence electrons. The highest BCUT2D eigenvalue weighted by Crippen LogP contribution is 2.33. The average Bonchev–Trinajstić information content (AvgIpc) is 2.63. The van der Waals surface area contributed by atoms with E-state index in [9.17, 15) is 0 Å². The summed E-state index contributed by atoms with van der Waals surface area (Å²) >= 11 is 1.94. The molecule has 0 amide bonds. The van der Waals surface area contributed by atoms with Gasteiger partial charge in [0.2, 0.25) is 0 Å². The van der Waals surface area contributed by atoms with E-state index in [4.69, 9.17) is 9.47 Å². The zero-order valence-electron chi connectivity index (χ0n) is 15.2. The molecule has 2 rings (SSSR count). The van der Waals surface area contributed by atoms with Crippen LogP contribution in [0.15, 0.2) is 29.3 Å². The monoisotopic (exact) mass is 351 g/mol. The maximum absolute atomic E-state index is 5.51. The second-order valence-electron chi connectivity index (χ2n) is 6.10. The number of thioether (sulfide) groups is 1. The summed E-state index contributed by atoms with van der Waals surface area (Å²) in [6.07, 6.45) is 4.36. The van der Waals surface area contributed by atoms with Gasteiger partial charge in [0.15, 0.2) is 5.96 Å². The van der Waals surface area contributed by atoms with Crippen LogP contribution < -0.4 is 10.1 Å². The van der Waals surface area contributed by atoms with Gasteiger partial charge in [-0.1, -0.05) is 12.1 Å². The molecule has 1 fully saturated rings. The zero-order chi connectivity index (χ0) is 17.4. The maximum Gasteiger partial charge on any atom is 0.193 e. The minimum absolute atomic E-state index is 0.245. The number of nitrogens with one attached hydrogen (secondary N) is 1. The Balaban J connectivity index is 1.92. The van der Waals surface area contributed by atoms with Crippen molar-refractivity contribution in [2.24, 2.45) is 4.99 Å². The summed E-state index contributed by atoms with van der Waals surface area (Å²) in [6.45, 7) is 3.42. The van der Waals surface area contributed by atoms with Crippen molar-refractivity contribution >= 4 is 17.7 Å². The molecule has 1 aliphatic rings. The Bertz CT molecular complexity index is 528. The first-order valence-electron chi connectivity index (χ1n) is 8.30. The molecule has 1 aliphatic heterocycles. The number of methoxy groups -OCH3 is 1. The lowest BCUT2D eigenvalue weighted by Gasteiger charge is -2.37. The molecule has 0 bridgehead atoms. The molecule has 0 unspecified atom stereocenters. The van der Waals surface area contributed by atoms with Gasteiger partial charge in [0.25, 0.3) is 0 Å². The number of hydrogen-bond donors (Lipinski definition) is 1. The third-order valence-corrected chi connectivity index (χ3v) is 5.98. The molecule has 0 saturated carbocycles. The van der Waals surface area contributed by atoms with Gasteiger partial charge in [0, 0.05) is 45.1 Å². The molecule has 0 spiro atoms. The molecule has 1 N–H and O–H groups in total. The highest BCUT2D eigenvalue weighted by atomic mass is 32.2. The van der Waals surface area contributed by atoms with Gasteiger partial charge in [-0.3, -0.25) is 4.99 Å². The average molecular weight is 352 g/mol. The molecule has 0 radical (unpaired) electrons. The van der Waals surface area contributed by atoms with E-state index in [0.717, 1.165) is 50.9 Å². The molecule has 5 nitrogen and oxygen atoms in total. The molecular weight excluding hydrogens is 322 g/mol. The summed E-state index contributed by atoms with van der Waals surface area (Å²) in [4.78, 5) is 6.58. The van der Waals surface area contributed by atoms with Gasteiger partial charge in [0.1, 0.15) is 5.75 Å². The number of aliphatic imine (C=N–C) groups is 1. The second-order valence-corrected chi connectivity index (χ2v) is 7.38. The van der Waals surface area contributed by atoms with E-state index in [-0.39, 0.29) is 4.75 Å². The van der Waals surface area contributed by atoms with Crippen molar-refractivity contribution in [2.75, 3.05) is 47.2 Å². The zero-order valence-corrected chi connectivity index (χ0v) is 16.0. The maximum atomic E-state index is 5.51. The van der Waals surface area contributed by atoms with E-state index in [1.165, 1.54) is 5.56 Å². The Kier molecular flexibility index (Phi) is 7.24. The third-order valence-electron chi connectivity index (χ3n) is 4.56. The SMILES string of the molecule is CN=C(NCC1(SC)CCOCC1)N(C)Cc1ccc(OC)cc1. The summed E-state index contributed by atoms with van der Waals surface area (Å²) in [7, 11) is 5.59. The molecule has 1 aromatic rings. The third kappa shape index (κ3) is 5.05. The first kappa shape index (κ1) is 18.9. The van der Waals surface area contributed by atoms with Crippen LogP contribution in [-0.2, 0) is 11.3 Å². The number of rotatable bonds is 6. The van der Waals surface area contributed by atoms with Crippen molar-refractivity contribution in [1.29, 1.82) is 0 Å². The second kappa shape index (κ2) is 9.18. The molecule has 24 heavy (non-hydrogen) atoms. The molecule has 0 aromatic heterocycles. The number of hydrogen-bond acceptors (Lipinski definition) is 4. The van der Waals surface area contributed by atoms with Gasteiger partial charge >= 0.3 is 0 Å².